The van der Waals surface area contributed by atoms with Gasteiger partial charge in [0.2, 0.25) is 11.8 Å². The number of halogens is 1. The van der Waals surface area contributed by atoms with Crippen LogP contribution in [0.5, 0.6) is 0 Å². The number of piperidine rings is 1. The van der Waals surface area contributed by atoms with Gasteiger partial charge < -0.3 is 0 Å². The van der Waals surface area contributed by atoms with E-state index in [4.69, 9.17) is 0 Å². The summed E-state index contributed by atoms with van der Waals surface area (Å²) < 4.78 is 0.974. The van der Waals surface area contributed by atoms with Gasteiger partial charge in [0.05, 0.1) is 5.92 Å². The monoisotopic (exact) mass is 321 g/mol. The summed E-state index contributed by atoms with van der Waals surface area (Å²) in [7, 11) is 0. The fraction of sp³-hybridized carbons (Fsp3) is 0.467. The quantitative estimate of drug-likeness (QED) is 0.851. The Morgan fingerprint density at radius 1 is 1.21 bits per heavy atom. The molecule has 1 aromatic rings. The second-order valence-corrected chi connectivity index (χ2v) is 6.42. The maximum Gasteiger partial charge on any atom is 0.234 e. The van der Waals surface area contributed by atoms with Gasteiger partial charge in [-0.3, -0.25) is 14.9 Å². The van der Waals surface area contributed by atoms with Crippen molar-refractivity contribution in [2.75, 3.05) is 0 Å². The van der Waals surface area contributed by atoms with Gasteiger partial charge in [0, 0.05) is 10.9 Å². The van der Waals surface area contributed by atoms with Gasteiger partial charge in [-0.15, -0.1) is 0 Å². The minimum atomic E-state index is -0.180. The Hall–Kier alpha value is -1.16. The van der Waals surface area contributed by atoms with Crippen LogP contribution in [0.1, 0.15) is 37.2 Å². The summed E-state index contributed by atoms with van der Waals surface area (Å²) in [5, 5.41) is 2.49. The van der Waals surface area contributed by atoms with E-state index in [1.165, 1.54) is 6.42 Å². The van der Waals surface area contributed by atoms with Crippen molar-refractivity contribution in [3.05, 3.63) is 34.3 Å². The Kier molecular flexibility index (Phi) is 3.44. The molecule has 2 amide bonds. The van der Waals surface area contributed by atoms with Crippen molar-refractivity contribution in [3.63, 3.8) is 0 Å². The molecule has 2 aliphatic rings. The average molecular weight is 322 g/mol. The molecule has 0 bridgehead atoms. The molecule has 0 spiro atoms. The highest BCUT2D eigenvalue weighted by Gasteiger charge is 2.42. The molecule has 2 fully saturated rings. The lowest BCUT2D eigenvalue weighted by Gasteiger charge is -2.40. The third kappa shape index (κ3) is 2.46. The number of hydrogen-bond donors (Lipinski definition) is 1. The third-order valence-electron chi connectivity index (χ3n) is 4.36. The van der Waals surface area contributed by atoms with Crippen LogP contribution >= 0.6 is 15.9 Å². The molecule has 19 heavy (non-hydrogen) atoms. The van der Waals surface area contributed by atoms with E-state index in [9.17, 15) is 9.59 Å². The zero-order chi connectivity index (χ0) is 13.4. The van der Waals surface area contributed by atoms with Crippen LogP contribution < -0.4 is 5.32 Å². The van der Waals surface area contributed by atoms with Gasteiger partial charge >= 0.3 is 0 Å². The summed E-state index contributed by atoms with van der Waals surface area (Å²) in [5.74, 6) is 0.267. The van der Waals surface area contributed by atoms with Crippen molar-refractivity contribution >= 4 is 27.7 Å². The second kappa shape index (κ2) is 5.08. The van der Waals surface area contributed by atoms with Crippen LogP contribution in [0, 0.1) is 11.8 Å². The number of hydrogen-bond acceptors (Lipinski definition) is 2. The summed E-state index contributed by atoms with van der Waals surface area (Å²) in [5.41, 5.74) is 1.01. The lowest BCUT2D eigenvalue weighted by Crippen LogP contribution is -2.47. The lowest BCUT2D eigenvalue weighted by molar-refractivity contribution is -0.138. The van der Waals surface area contributed by atoms with Crippen molar-refractivity contribution < 1.29 is 9.59 Å². The van der Waals surface area contributed by atoms with E-state index in [1.807, 2.05) is 24.3 Å². The number of rotatable bonds is 2. The molecule has 100 valence electrons. The van der Waals surface area contributed by atoms with Crippen molar-refractivity contribution in [2.45, 2.75) is 31.6 Å². The van der Waals surface area contributed by atoms with Crippen LogP contribution in [0.15, 0.2) is 28.7 Å². The topological polar surface area (TPSA) is 46.2 Å². The Morgan fingerprint density at radius 3 is 2.63 bits per heavy atom. The van der Waals surface area contributed by atoms with Crippen LogP contribution in [0.2, 0.25) is 0 Å². The van der Waals surface area contributed by atoms with E-state index in [2.05, 4.69) is 21.2 Å². The van der Waals surface area contributed by atoms with Gasteiger partial charge in [-0.25, -0.2) is 0 Å². The van der Waals surface area contributed by atoms with E-state index >= 15 is 0 Å². The van der Waals surface area contributed by atoms with Gasteiger partial charge in [0.1, 0.15) is 0 Å². The van der Waals surface area contributed by atoms with Gasteiger partial charge in [-0.2, -0.15) is 0 Å². The normalized spacial score (nSPS) is 27.8. The summed E-state index contributed by atoms with van der Waals surface area (Å²) >= 11 is 3.45. The van der Waals surface area contributed by atoms with E-state index in [0.29, 0.717) is 12.3 Å². The molecule has 1 N–H and O–H groups in total. The molecule has 2 unspecified atom stereocenters. The Balaban J connectivity index is 1.94. The number of nitrogens with one attached hydrogen (secondary N) is 1. The Labute approximate surface area is 120 Å². The van der Waals surface area contributed by atoms with Gasteiger partial charge in [-0.05, 0) is 29.5 Å². The first-order chi connectivity index (χ1) is 9.15. The maximum atomic E-state index is 12.2. The van der Waals surface area contributed by atoms with Crippen molar-refractivity contribution in [3.8, 4) is 0 Å². The molecular weight excluding hydrogens is 306 g/mol. The third-order valence-corrected chi connectivity index (χ3v) is 4.85. The first kappa shape index (κ1) is 12.9. The highest BCUT2D eigenvalue weighted by Crippen LogP contribution is 2.44. The minimum Gasteiger partial charge on any atom is -0.296 e. The largest absolute Gasteiger partial charge is 0.296 e. The SMILES string of the molecule is O=C1CC(C2CCC2)C(c2cccc(Br)c2)C(=O)N1. The Morgan fingerprint density at radius 2 is 2.00 bits per heavy atom. The average Bonchev–Trinajstić information content (AvgIpc) is 2.25. The van der Waals surface area contributed by atoms with Gasteiger partial charge in [0.15, 0.2) is 0 Å². The molecular formula is C15H16BrNO2. The van der Waals surface area contributed by atoms with Crippen LogP contribution in [0.3, 0.4) is 0 Å². The molecule has 1 saturated carbocycles. The number of benzene rings is 1. The summed E-state index contributed by atoms with van der Waals surface area (Å²) in [4.78, 5) is 23.9. The predicted octanol–water partition coefficient (Wildman–Crippen LogP) is 3.00. The molecule has 0 radical (unpaired) electrons. The highest BCUT2D eigenvalue weighted by atomic mass is 79.9. The molecule has 0 aromatic heterocycles. The fourth-order valence-corrected chi connectivity index (χ4v) is 3.61. The fourth-order valence-electron chi connectivity index (χ4n) is 3.20. The molecule has 1 aliphatic carbocycles. The molecule has 1 aliphatic heterocycles. The standard InChI is InChI=1S/C15H16BrNO2/c16-11-6-2-5-10(7-11)14-12(9-3-1-4-9)8-13(18)17-15(14)19/h2,5-7,9,12,14H,1,3-4,8H2,(H,17,18,19). The first-order valence-electron chi connectivity index (χ1n) is 6.74. The van der Waals surface area contributed by atoms with E-state index in [-0.39, 0.29) is 23.7 Å². The second-order valence-electron chi connectivity index (χ2n) is 5.50. The smallest absolute Gasteiger partial charge is 0.234 e. The zero-order valence-corrected chi connectivity index (χ0v) is 12.2. The van der Waals surface area contributed by atoms with Gasteiger partial charge in [0.25, 0.3) is 0 Å². The molecule has 3 nitrogen and oxygen atoms in total. The van der Waals surface area contributed by atoms with Crippen molar-refractivity contribution in [1.29, 1.82) is 0 Å². The molecule has 3 rings (SSSR count). The lowest BCUT2D eigenvalue weighted by atomic mass is 9.66. The van der Waals surface area contributed by atoms with Crippen LogP contribution in [-0.2, 0) is 9.59 Å². The minimum absolute atomic E-state index is 0.117. The van der Waals surface area contributed by atoms with Crippen LogP contribution in [0.25, 0.3) is 0 Å². The number of amides is 2. The molecule has 1 saturated heterocycles. The highest BCUT2D eigenvalue weighted by molar-refractivity contribution is 9.10. The Bertz CT molecular complexity index is 525. The maximum absolute atomic E-state index is 12.2. The van der Waals surface area contributed by atoms with E-state index in [1.54, 1.807) is 0 Å². The number of carbonyl (C=O) groups is 2. The van der Waals surface area contributed by atoms with Gasteiger partial charge in [-0.1, -0.05) is 47.3 Å². The summed E-state index contributed by atoms with van der Waals surface area (Å²) in [6, 6.07) is 7.87. The molecule has 4 heteroatoms. The predicted molar refractivity (Wildman–Crippen MR) is 75.5 cm³/mol. The molecule has 1 heterocycles. The van der Waals surface area contributed by atoms with E-state index in [0.717, 1.165) is 22.9 Å². The van der Waals surface area contributed by atoms with E-state index < -0.39 is 0 Å². The summed E-state index contributed by atoms with van der Waals surface area (Å²) in [6.45, 7) is 0. The molecule has 2 atom stereocenters. The number of carbonyl (C=O) groups excluding carboxylic acids is 2. The molecule has 1 aromatic carbocycles. The van der Waals surface area contributed by atoms with Crippen LogP contribution in [-0.4, -0.2) is 11.8 Å². The van der Waals surface area contributed by atoms with Crippen LogP contribution in [0.4, 0.5) is 0 Å². The zero-order valence-electron chi connectivity index (χ0n) is 10.6. The summed E-state index contributed by atoms with van der Waals surface area (Å²) in [6.07, 6.45) is 4.00. The first-order valence-corrected chi connectivity index (χ1v) is 7.53. The van der Waals surface area contributed by atoms with Crippen molar-refractivity contribution in [2.24, 2.45) is 11.8 Å². The number of imide groups is 1. The van der Waals surface area contributed by atoms with Crippen molar-refractivity contribution in [1.82, 2.24) is 5.32 Å².